The molecule has 0 aliphatic rings. The first-order valence-electron chi connectivity index (χ1n) is 5.56. The summed E-state index contributed by atoms with van der Waals surface area (Å²) in [5, 5.41) is 0. The van der Waals surface area contributed by atoms with Gasteiger partial charge in [-0.15, -0.1) is 0 Å². The van der Waals surface area contributed by atoms with Gasteiger partial charge in [0.25, 0.3) is 0 Å². The van der Waals surface area contributed by atoms with Gasteiger partial charge in [0.2, 0.25) is 0 Å². The lowest BCUT2D eigenvalue weighted by molar-refractivity contribution is 0.134. The Balaban J connectivity index is 2.83. The van der Waals surface area contributed by atoms with Gasteiger partial charge < -0.3 is 9.47 Å². The van der Waals surface area contributed by atoms with Crippen LogP contribution in [0.4, 0.5) is 5.69 Å². The van der Waals surface area contributed by atoms with Crippen LogP contribution in [0.25, 0.3) is 0 Å². The first-order chi connectivity index (χ1) is 7.61. The Hall–Kier alpha value is -1.51. The molecule has 0 radical (unpaired) electrons. The van der Waals surface area contributed by atoms with Crippen LogP contribution in [0.15, 0.2) is 29.3 Å². The summed E-state index contributed by atoms with van der Waals surface area (Å²) in [4.78, 5) is 4.32. The zero-order chi connectivity index (χ0) is 12.0. The summed E-state index contributed by atoms with van der Waals surface area (Å²) >= 11 is 0. The molecular formula is C13H19NO2. The van der Waals surface area contributed by atoms with Crippen LogP contribution in [0.5, 0.6) is 0 Å². The van der Waals surface area contributed by atoms with Crippen molar-refractivity contribution in [2.75, 3.05) is 6.61 Å². The van der Waals surface area contributed by atoms with Gasteiger partial charge in [-0.25, -0.2) is 0 Å². The average molecular weight is 221 g/mol. The maximum absolute atomic E-state index is 5.46. The smallest absolute Gasteiger partial charge is 0.389 e. The van der Waals surface area contributed by atoms with Crippen molar-refractivity contribution in [2.45, 2.75) is 33.8 Å². The van der Waals surface area contributed by atoms with Crippen LogP contribution in [0.2, 0.25) is 0 Å². The van der Waals surface area contributed by atoms with Crippen LogP contribution in [-0.2, 0) is 9.47 Å². The van der Waals surface area contributed by atoms with Crippen molar-refractivity contribution in [3.8, 4) is 0 Å². The van der Waals surface area contributed by atoms with Crippen LogP contribution in [0.1, 0.15) is 26.3 Å². The predicted octanol–water partition coefficient (Wildman–Crippen LogP) is 3.44. The minimum absolute atomic E-state index is 0.0649. The van der Waals surface area contributed by atoms with E-state index in [1.807, 2.05) is 52.0 Å². The van der Waals surface area contributed by atoms with Gasteiger partial charge in [0.1, 0.15) is 0 Å². The number of rotatable bonds is 3. The monoisotopic (exact) mass is 221 g/mol. The maximum Gasteiger partial charge on any atom is 0.389 e. The fourth-order valence-electron chi connectivity index (χ4n) is 1.22. The second-order valence-electron chi connectivity index (χ2n) is 3.82. The predicted molar refractivity (Wildman–Crippen MR) is 66.1 cm³/mol. The summed E-state index contributed by atoms with van der Waals surface area (Å²) in [7, 11) is 0. The van der Waals surface area contributed by atoms with E-state index < -0.39 is 0 Å². The quantitative estimate of drug-likeness (QED) is 0.578. The van der Waals surface area contributed by atoms with E-state index in [0.717, 1.165) is 5.69 Å². The Labute approximate surface area is 97.1 Å². The number of aryl methyl sites for hydroxylation is 1. The second-order valence-corrected chi connectivity index (χ2v) is 3.82. The molecule has 0 atom stereocenters. The van der Waals surface area contributed by atoms with Gasteiger partial charge in [-0.1, -0.05) is 12.1 Å². The third kappa shape index (κ3) is 4.34. The molecule has 1 rings (SSSR count). The fraction of sp³-hybridized carbons (Fsp3) is 0.462. The van der Waals surface area contributed by atoms with Gasteiger partial charge >= 0.3 is 6.08 Å². The Morgan fingerprint density at radius 3 is 2.69 bits per heavy atom. The van der Waals surface area contributed by atoms with Gasteiger partial charge in [0.15, 0.2) is 0 Å². The standard InChI is InChI=1S/C13H19NO2/c1-5-15-13(16-10(2)3)14-12-8-6-7-11(4)9-12/h6-10H,5H2,1-4H3. The minimum Gasteiger partial charge on any atom is -0.451 e. The summed E-state index contributed by atoms with van der Waals surface area (Å²) in [6.45, 7) is 8.39. The molecule has 0 spiro atoms. The Morgan fingerprint density at radius 1 is 1.38 bits per heavy atom. The van der Waals surface area contributed by atoms with Crippen molar-refractivity contribution >= 4 is 11.8 Å². The molecular weight excluding hydrogens is 202 g/mol. The Morgan fingerprint density at radius 2 is 2.12 bits per heavy atom. The molecule has 0 bridgehead atoms. The largest absolute Gasteiger partial charge is 0.451 e. The van der Waals surface area contributed by atoms with Crippen molar-refractivity contribution in [3.63, 3.8) is 0 Å². The van der Waals surface area contributed by atoms with Crippen LogP contribution >= 0.6 is 0 Å². The molecule has 0 saturated carbocycles. The molecule has 3 nitrogen and oxygen atoms in total. The van der Waals surface area contributed by atoms with Crippen LogP contribution in [0.3, 0.4) is 0 Å². The maximum atomic E-state index is 5.46. The number of ether oxygens (including phenoxy) is 2. The summed E-state index contributed by atoms with van der Waals surface area (Å²) in [5.41, 5.74) is 2.02. The number of benzene rings is 1. The van der Waals surface area contributed by atoms with Crippen LogP contribution < -0.4 is 0 Å². The molecule has 88 valence electrons. The highest BCUT2D eigenvalue weighted by Crippen LogP contribution is 2.14. The lowest BCUT2D eigenvalue weighted by Crippen LogP contribution is -2.14. The number of nitrogens with zero attached hydrogens (tertiary/aromatic N) is 1. The first kappa shape index (κ1) is 12.6. The van der Waals surface area contributed by atoms with E-state index in [1.54, 1.807) is 0 Å². The highest BCUT2D eigenvalue weighted by Gasteiger charge is 2.04. The lowest BCUT2D eigenvalue weighted by Gasteiger charge is -2.11. The zero-order valence-electron chi connectivity index (χ0n) is 10.4. The summed E-state index contributed by atoms with van der Waals surface area (Å²) < 4.78 is 10.8. The topological polar surface area (TPSA) is 30.8 Å². The van der Waals surface area contributed by atoms with E-state index in [1.165, 1.54) is 5.56 Å². The number of hydrogen-bond acceptors (Lipinski definition) is 3. The minimum atomic E-state index is 0.0649. The van der Waals surface area contributed by atoms with Crippen molar-refractivity contribution in [1.29, 1.82) is 0 Å². The Kier molecular flexibility index (Phi) is 4.83. The van der Waals surface area contributed by atoms with E-state index in [-0.39, 0.29) is 6.10 Å². The Bertz CT molecular complexity index is 359. The lowest BCUT2D eigenvalue weighted by atomic mass is 10.2. The number of hydrogen-bond donors (Lipinski definition) is 0. The van der Waals surface area contributed by atoms with Crippen LogP contribution in [-0.4, -0.2) is 18.8 Å². The molecule has 0 heterocycles. The highest BCUT2D eigenvalue weighted by atomic mass is 16.7. The molecule has 16 heavy (non-hydrogen) atoms. The number of aliphatic imine (C=N–C) groups is 1. The molecule has 1 aromatic carbocycles. The first-order valence-corrected chi connectivity index (χ1v) is 5.56. The van der Waals surface area contributed by atoms with E-state index in [9.17, 15) is 0 Å². The molecule has 0 aliphatic carbocycles. The molecule has 0 fully saturated rings. The molecule has 0 N–H and O–H groups in total. The van der Waals surface area contributed by atoms with E-state index in [0.29, 0.717) is 12.7 Å². The van der Waals surface area contributed by atoms with Gasteiger partial charge in [0, 0.05) is 0 Å². The molecule has 0 aromatic heterocycles. The normalized spacial score (nSPS) is 11.7. The second kappa shape index (κ2) is 6.16. The van der Waals surface area contributed by atoms with Gasteiger partial charge in [-0.3, -0.25) is 0 Å². The molecule has 3 heteroatoms. The average Bonchev–Trinajstić information content (AvgIpc) is 2.16. The van der Waals surface area contributed by atoms with Crippen LogP contribution in [0, 0.1) is 6.92 Å². The summed E-state index contributed by atoms with van der Waals surface area (Å²) in [6, 6.07) is 7.91. The van der Waals surface area contributed by atoms with Crippen molar-refractivity contribution < 1.29 is 9.47 Å². The molecule has 0 aliphatic heterocycles. The fourth-order valence-corrected chi connectivity index (χ4v) is 1.22. The molecule has 0 unspecified atom stereocenters. The summed E-state index contributed by atoms with van der Waals surface area (Å²) in [6.07, 6.45) is 0.401. The van der Waals surface area contributed by atoms with Gasteiger partial charge in [0.05, 0.1) is 18.4 Å². The third-order valence-corrected chi connectivity index (χ3v) is 1.83. The van der Waals surface area contributed by atoms with Crippen molar-refractivity contribution in [1.82, 2.24) is 0 Å². The molecule has 0 saturated heterocycles. The SMILES string of the molecule is CCOC(=Nc1cccc(C)c1)OC(C)C. The van der Waals surface area contributed by atoms with E-state index in [2.05, 4.69) is 4.99 Å². The van der Waals surface area contributed by atoms with Crippen molar-refractivity contribution in [3.05, 3.63) is 29.8 Å². The zero-order valence-corrected chi connectivity index (χ0v) is 10.4. The van der Waals surface area contributed by atoms with Crippen molar-refractivity contribution in [2.24, 2.45) is 4.99 Å². The van der Waals surface area contributed by atoms with Gasteiger partial charge in [-0.05, 0) is 45.4 Å². The third-order valence-electron chi connectivity index (χ3n) is 1.83. The molecule has 1 aromatic rings. The van der Waals surface area contributed by atoms with Gasteiger partial charge in [-0.2, -0.15) is 4.99 Å². The highest BCUT2D eigenvalue weighted by molar-refractivity contribution is 5.71. The molecule has 0 amide bonds. The van der Waals surface area contributed by atoms with E-state index >= 15 is 0 Å². The van der Waals surface area contributed by atoms with E-state index in [4.69, 9.17) is 9.47 Å². The summed E-state index contributed by atoms with van der Waals surface area (Å²) in [5.74, 6) is 0.